The lowest BCUT2D eigenvalue weighted by Crippen LogP contribution is -2.45. The van der Waals surface area contributed by atoms with E-state index in [0.717, 1.165) is 42.5 Å². The van der Waals surface area contributed by atoms with Crippen molar-refractivity contribution >= 4 is 11.6 Å². The summed E-state index contributed by atoms with van der Waals surface area (Å²) >= 11 is 0. The van der Waals surface area contributed by atoms with Gasteiger partial charge in [-0.2, -0.15) is 5.10 Å². The normalized spacial score (nSPS) is 21.7. The molecule has 0 bridgehead atoms. The lowest BCUT2D eigenvalue weighted by atomic mass is 9.73. The molecule has 0 radical (unpaired) electrons. The summed E-state index contributed by atoms with van der Waals surface area (Å²) in [5.74, 6) is 1.63. The number of pyridine rings is 1. The number of nitrogens with zero attached hydrogens (tertiary/aromatic N) is 3. The molecule has 2 atom stereocenters. The maximum Gasteiger partial charge on any atom is 0.246 e. The summed E-state index contributed by atoms with van der Waals surface area (Å²) in [6, 6.07) is 9.71. The number of amides is 1. The van der Waals surface area contributed by atoms with Crippen molar-refractivity contribution in [1.82, 2.24) is 9.99 Å². The van der Waals surface area contributed by atoms with E-state index in [0.29, 0.717) is 18.0 Å². The molecule has 1 aromatic carbocycles. The predicted octanol–water partition coefficient (Wildman–Crippen LogP) is 3.65. The van der Waals surface area contributed by atoms with Crippen LogP contribution in [0, 0.1) is 11.8 Å². The van der Waals surface area contributed by atoms with Crippen LogP contribution in [0.3, 0.4) is 0 Å². The van der Waals surface area contributed by atoms with Gasteiger partial charge in [0.2, 0.25) is 5.91 Å². The van der Waals surface area contributed by atoms with Crippen molar-refractivity contribution < 1.29 is 14.3 Å². The van der Waals surface area contributed by atoms with Gasteiger partial charge in [0.25, 0.3) is 0 Å². The van der Waals surface area contributed by atoms with E-state index < -0.39 is 0 Å². The van der Waals surface area contributed by atoms with Gasteiger partial charge in [-0.3, -0.25) is 9.78 Å². The van der Waals surface area contributed by atoms with Crippen molar-refractivity contribution in [3.05, 3.63) is 53.9 Å². The Hall–Kier alpha value is -2.89. The van der Waals surface area contributed by atoms with E-state index in [9.17, 15) is 4.79 Å². The first-order valence-electron chi connectivity index (χ1n) is 9.72. The molecule has 6 heteroatoms. The molecule has 1 aromatic heterocycles. The maximum atomic E-state index is 13.1. The molecule has 1 aliphatic carbocycles. The van der Waals surface area contributed by atoms with Crippen molar-refractivity contribution in [3.8, 4) is 11.5 Å². The molecule has 1 aliphatic heterocycles. The van der Waals surface area contributed by atoms with Crippen molar-refractivity contribution in [2.45, 2.75) is 32.2 Å². The number of ether oxygens (including phenoxy) is 2. The van der Waals surface area contributed by atoms with Gasteiger partial charge in [-0.05, 0) is 42.7 Å². The summed E-state index contributed by atoms with van der Waals surface area (Å²) in [5.41, 5.74) is 2.92. The second-order valence-corrected chi connectivity index (χ2v) is 7.31. The summed E-state index contributed by atoms with van der Waals surface area (Å²) < 4.78 is 10.8. The Balaban J connectivity index is 1.73. The van der Waals surface area contributed by atoms with E-state index in [1.165, 1.54) is 0 Å². The van der Waals surface area contributed by atoms with Crippen LogP contribution in [0.4, 0.5) is 0 Å². The Kier molecular flexibility index (Phi) is 5.28. The number of rotatable bonds is 5. The van der Waals surface area contributed by atoms with Gasteiger partial charge >= 0.3 is 0 Å². The van der Waals surface area contributed by atoms with Gasteiger partial charge in [0.15, 0.2) is 11.5 Å². The molecule has 2 aromatic rings. The Labute approximate surface area is 165 Å². The molecule has 2 heterocycles. The lowest BCUT2D eigenvalue weighted by molar-refractivity contribution is -0.139. The zero-order valence-corrected chi connectivity index (χ0v) is 16.3. The Bertz CT molecular complexity index is 882. The van der Waals surface area contributed by atoms with Crippen LogP contribution in [-0.2, 0) is 11.3 Å². The molecule has 2 aliphatic rings. The van der Waals surface area contributed by atoms with E-state index in [-0.39, 0.29) is 17.7 Å². The summed E-state index contributed by atoms with van der Waals surface area (Å²) in [5, 5.41) is 6.44. The molecule has 0 saturated heterocycles. The first-order chi connectivity index (χ1) is 13.7. The van der Waals surface area contributed by atoms with Crippen LogP contribution in [-0.4, -0.2) is 35.8 Å². The third-order valence-corrected chi connectivity index (χ3v) is 5.65. The summed E-state index contributed by atoms with van der Waals surface area (Å²) in [7, 11) is 3.26. The van der Waals surface area contributed by atoms with Crippen LogP contribution in [0.2, 0.25) is 0 Å². The number of hydrazone groups is 1. The van der Waals surface area contributed by atoms with E-state index in [2.05, 4.69) is 4.98 Å². The molecule has 1 fully saturated rings. The van der Waals surface area contributed by atoms with Crippen LogP contribution in [0.1, 0.15) is 36.8 Å². The predicted molar refractivity (Wildman–Crippen MR) is 106 cm³/mol. The highest BCUT2D eigenvalue weighted by Crippen LogP contribution is 2.39. The molecular weight excluding hydrogens is 354 g/mol. The highest BCUT2D eigenvalue weighted by atomic mass is 16.5. The maximum absolute atomic E-state index is 13.1. The van der Waals surface area contributed by atoms with Crippen LogP contribution in [0.15, 0.2) is 47.8 Å². The highest BCUT2D eigenvalue weighted by Gasteiger charge is 2.41. The first-order valence-corrected chi connectivity index (χ1v) is 9.72. The Morgan fingerprint density at radius 3 is 2.57 bits per heavy atom. The summed E-state index contributed by atoms with van der Waals surface area (Å²) in [6.45, 7) is 0.437. The third kappa shape index (κ3) is 3.46. The molecule has 146 valence electrons. The largest absolute Gasteiger partial charge is 0.493 e. The van der Waals surface area contributed by atoms with Gasteiger partial charge in [-0.1, -0.05) is 18.9 Å². The molecule has 1 saturated carbocycles. The fraction of sp³-hybridized carbons (Fsp3) is 0.409. The number of hydrogen-bond acceptors (Lipinski definition) is 5. The quantitative estimate of drug-likeness (QED) is 0.795. The average Bonchev–Trinajstić information content (AvgIpc) is 2.76. The topological polar surface area (TPSA) is 64.0 Å². The summed E-state index contributed by atoms with van der Waals surface area (Å²) in [6.07, 6.45) is 7.64. The third-order valence-electron chi connectivity index (χ3n) is 5.65. The highest BCUT2D eigenvalue weighted by molar-refractivity contribution is 6.07. The second-order valence-electron chi connectivity index (χ2n) is 7.31. The van der Waals surface area contributed by atoms with Gasteiger partial charge in [-0.25, -0.2) is 5.01 Å². The number of carbonyl (C=O) groups excluding carboxylic acids is 1. The van der Waals surface area contributed by atoms with Crippen molar-refractivity contribution in [3.63, 3.8) is 0 Å². The van der Waals surface area contributed by atoms with E-state index in [1.807, 2.05) is 30.3 Å². The molecule has 0 spiro atoms. The van der Waals surface area contributed by atoms with Crippen molar-refractivity contribution in [1.29, 1.82) is 0 Å². The molecule has 0 unspecified atom stereocenters. The number of carbonyl (C=O) groups is 1. The molecule has 0 N–H and O–H groups in total. The molecule has 28 heavy (non-hydrogen) atoms. The van der Waals surface area contributed by atoms with E-state index in [4.69, 9.17) is 14.6 Å². The van der Waals surface area contributed by atoms with Gasteiger partial charge in [0, 0.05) is 29.8 Å². The zero-order chi connectivity index (χ0) is 19.5. The van der Waals surface area contributed by atoms with Crippen LogP contribution in [0.25, 0.3) is 0 Å². The Morgan fingerprint density at radius 2 is 1.86 bits per heavy atom. The molecule has 1 amide bonds. The number of aromatic nitrogens is 1. The lowest BCUT2D eigenvalue weighted by Gasteiger charge is -2.38. The van der Waals surface area contributed by atoms with Crippen LogP contribution in [0.5, 0.6) is 11.5 Å². The fourth-order valence-electron chi connectivity index (χ4n) is 4.24. The van der Waals surface area contributed by atoms with Crippen molar-refractivity contribution in [2.24, 2.45) is 16.9 Å². The van der Waals surface area contributed by atoms with Gasteiger partial charge in [0.1, 0.15) is 0 Å². The molecular formula is C22H25N3O3. The first kappa shape index (κ1) is 18.5. The number of benzene rings is 1. The minimum Gasteiger partial charge on any atom is -0.493 e. The SMILES string of the molecule is COc1ccc(C2=NN(Cc3cccnc3)C(=O)[C@H]3CCCC[C@@H]23)cc1OC. The van der Waals surface area contributed by atoms with Crippen LogP contribution < -0.4 is 9.47 Å². The molecule has 6 nitrogen and oxygen atoms in total. The zero-order valence-electron chi connectivity index (χ0n) is 16.3. The Morgan fingerprint density at radius 1 is 1.07 bits per heavy atom. The number of hydrogen-bond donors (Lipinski definition) is 0. The monoisotopic (exact) mass is 379 g/mol. The van der Waals surface area contributed by atoms with Gasteiger partial charge in [0.05, 0.1) is 26.5 Å². The average molecular weight is 379 g/mol. The van der Waals surface area contributed by atoms with Gasteiger partial charge in [-0.15, -0.1) is 0 Å². The standard InChI is InChI=1S/C22H25N3O3/c1-27-19-10-9-16(12-20(19)28-2)21-17-7-3-4-8-18(17)22(26)25(24-21)14-15-6-5-11-23-13-15/h5-6,9-13,17-18H,3-4,7-8,14H2,1-2H3/t17-,18+/m1/s1. The van der Waals surface area contributed by atoms with Gasteiger partial charge < -0.3 is 9.47 Å². The second kappa shape index (κ2) is 8.00. The number of fused-ring (bicyclic) bond motifs is 1. The number of methoxy groups -OCH3 is 2. The van der Waals surface area contributed by atoms with E-state index >= 15 is 0 Å². The fourth-order valence-corrected chi connectivity index (χ4v) is 4.24. The smallest absolute Gasteiger partial charge is 0.246 e. The minimum absolute atomic E-state index is 0.00832. The minimum atomic E-state index is -0.00832. The molecule has 4 rings (SSSR count). The van der Waals surface area contributed by atoms with Crippen LogP contribution >= 0.6 is 0 Å². The van der Waals surface area contributed by atoms with Crippen molar-refractivity contribution in [2.75, 3.05) is 14.2 Å². The summed E-state index contributed by atoms with van der Waals surface area (Å²) in [4.78, 5) is 17.3. The van der Waals surface area contributed by atoms with E-state index in [1.54, 1.807) is 31.6 Å².